The van der Waals surface area contributed by atoms with Crippen molar-refractivity contribution < 1.29 is 4.74 Å². The van der Waals surface area contributed by atoms with Crippen molar-refractivity contribution in [3.8, 4) is 5.88 Å². The molecule has 1 heterocycles. The molecule has 1 N–H and O–H groups in total. The summed E-state index contributed by atoms with van der Waals surface area (Å²) in [6, 6.07) is 9.99. The molecule has 0 fully saturated rings. The topological polar surface area (TPSA) is 47.0 Å². The molecule has 0 unspecified atom stereocenters. The first-order chi connectivity index (χ1) is 9.17. The van der Waals surface area contributed by atoms with Crippen LogP contribution in [0.25, 0.3) is 0 Å². The summed E-state index contributed by atoms with van der Waals surface area (Å²) >= 11 is 3.42. The van der Waals surface area contributed by atoms with Crippen LogP contribution < -0.4 is 10.1 Å². The Balaban J connectivity index is 2.04. The summed E-state index contributed by atoms with van der Waals surface area (Å²) in [6.07, 6.45) is 0. The molecule has 5 heteroatoms. The average Bonchev–Trinajstić information content (AvgIpc) is 2.38. The molecular formula is C14H16BrN3O. The molecule has 0 bridgehead atoms. The van der Waals surface area contributed by atoms with E-state index in [0.29, 0.717) is 18.3 Å². The SMILES string of the molecule is CCOc1cc(NCc2ccc(Br)cc2)nc(C)n1. The maximum atomic E-state index is 5.40. The first-order valence-electron chi connectivity index (χ1n) is 6.14. The third kappa shape index (κ3) is 4.21. The molecule has 0 atom stereocenters. The number of anilines is 1. The van der Waals surface area contributed by atoms with E-state index in [1.54, 1.807) is 0 Å². The summed E-state index contributed by atoms with van der Waals surface area (Å²) in [5.74, 6) is 2.08. The molecule has 2 aromatic rings. The van der Waals surface area contributed by atoms with Crippen molar-refractivity contribution in [2.45, 2.75) is 20.4 Å². The van der Waals surface area contributed by atoms with Crippen molar-refractivity contribution in [3.05, 3.63) is 46.2 Å². The number of aromatic nitrogens is 2. The maximum absolute atomic E-state index is 5.40. The summed E-state index contributed by atoms with van der Waals surface area (Å²) < 4.78 is 6.47. The van der Waals surface area contributed by atoms with Gasteiger partial charge in [-0.15, -0.1) is 0 Å². The Morgan fingerprint density at radius 3 is 2.63 bits per heavy atom. The fourth-order valence-corrected chi connectivity index (χ4v) is 1.91. The standard InChI is InChI=1S/C14H16BrN3O/c1-3-19-14-8-13(17-10(2)18-14)16-9-11-4-6-12(15)7-5-11/h4-8H,3,9H2,1-2H3,(H,16,17,18). The Bertz CT molecular complexity index is 543. The number of hydrogen-bond donors (Lipinski definition) is 1. The predicted octanol–water partition coefficient (Wildman–Crippen LogP) is 3.56. The van der Waals surface area contributed by atoms with E-state index < -0.39 is 0 Å². The van der Waals surface area contributed by atoms with Gasteiger partial charge in [0.2, 0.25) is 5.88 Å². The molecule has 0 aliphatic heterocycles. The Hall–Kier alpha value is -1.62. The fraction of sp³-hybridized carbons (Fsp3) is 0.286. The van der Waals surface area contributed by atoms with Gasteiger partial charge in [-0.2, -0.15) is 4.98 Å². The van der Waals surface area contributed by atoms with Crippen LogP contribution in [-0.2, 0) is 6.54 Å². The van der Waals surface area contributed by atoms with Gasteiger partial charge in [-0.25, -0.2) is 4.98 Å². The molecule has 1 aromatic carbocycles. The van der Waals surface area contributed by atoms with E-state index in [9.17, 15) is 0 Å². The molecule has 0 spiro atoms. The summed E-state index contributed by atoms with van der Waals surface area (Å²) in [5.41, 5.74) is 1.19. The Morgan fingerprint density at radius 2 is 1.95 bits per heavy atom. The van der Waals surface area contributed by atoms with Gasteiger partial charge in [0.05, 0.1) is 6.61 Å². The molecule has 1 aromatic heterocycles. The van der Waals surface area contributed by atoms with Gasteiger partial charge in [0.25, 0.3) is 0 Å². The van der Waals surface area contributed by atoms with Crippen LogP contribution >= 0.6 is 15.9 Å². The largest absolute Gasteiger partial charge is 0.478 e. The van der Waals surface area contributed by atoms with Gasteiger partial charge < -0.3 is 10.1 Å². The van der Waals surface area contributed by atoms with Crippen LogP contribution in [0.15, 0.2) is 34.8 Å². The number of nitrogens with zero attached hydrogens (tertiary/aromatic N) is 2. The summed E-state index contributed by atoms with van der Waals surface area (Å²) in [5, 5.41) is 3.27. The zero-order chi connectivity index (χ0) is 13.7. The third-order valence-corrected chi connectivity index (χ3v) is 3.02. The molecule has 100 valence electrons. The highest BCUT2D eigenvalue weighted by Gasteiger charge is 2.02. The average molecular weight is 322 g/mol. The Morgan fingerprint density at radius 1 is 1.21 bits per heavy atom. The zero-order valence-corrected chi connectivity index (χ0v) is 12.6. The van der Waals surface area contributed by atoms with E-state index in [1.165, 1.54) is 5.56 Å². The monoisotopic (exact) mass is 321 g/mol. The lowest BCUT2D eigenvalue weighted by Crippen LogP contribution is -2.05. The molecule has 2 rings (SSSR count). The number of ether oxygens (including phenoxy) is 1. The second kappa shape index (κ2) is 6.52. The van der Waals surface area contributed by atoms with Crippen LogP contribution in [0.3, 0.4) is 0 Å². The highest BCUT2D eigenvalue weighted by atomic mass is 79.9. The van der Waals surface area contributed by atoms with E-state index in [-0.39, 0.29) is 0 Å². The smallest absolute Gasteiger partial charge is 0.218 e. The summed E-state index contributed by atoms with van der Waals surface area (Å²) in [7, 11) is 0. The van der Waals surface area contributed by atoms with E-state index >= 15 is 0 Å². The van der Waals surface area contributed by atoms with E-state index in [2.05, 4.69) is 43.3 Å². The normalized spacial score (nSPS) is 10.3. The maximum Gasteiger partial charge on any atom is 0.218 e. The van der Waals surface area contributed by atoms with Crippen molar-refractivity contribution in [1.29, 1.82) is 0 Å². The Kier molecular flexibility index (Phi) is 4.74. The highest BCUT2D eigenvalue weighted by molar-refractivity contribution is 9.10. The number of halogens is 1. The zero-order valence-electron chi connectivity index (χ0n) is 11.0. The van der Waals surface area contributed by atoms with Crippen molar-refractivity contribution in [1.82, 2.24) is 9.97 Å². The predicted molar refractivity (Wildman–Crippen MR) is 79.4 cm³/mol. The van der Waals surface area contributed by atoms with Crippen molar-refractivity contribution in [2.24, 2.45) is 0 Å². The third-order valence-electron chi connectivity index (χ3n) is 2.49. The molecule has 19 heavy (non-hydrogen) atoms. The minimum absolute atomic E-state index is 0.600. The molecular weight excluding hydrogens is 306 g/mol. The molecule has 4 nitrogen and oxygen atoms in total. The minimum atomic E-state index is 0.600. The van der Waals surface area contributed by atoms with E-state index in [0.717, 1.165) is 16.8 Å². The molecule has 0 aliphatic rings. The van der Waals surface area contributed by atoms with Gasteiger partial charge in [0.1, 0.15) is 11.6 Å². The van der Waals surface area contributed by atoms with Crippen molar-refractivity contribution in [3.63, 3.8) is 0 Å². The van der Waals surface area contributed by atoms with Crippen LogP contribution in [-0.4, -0.2) is 16.6 Å². The van der Waals surface area contributed by atoms with Crippen LogP contribution in [0.5, 0.6) is 5.88 Å². The lowest BCUT2D eigenvalue weighted by Gasteiger charge is -2.09. The molecule has 0 saturated heterocycles. The number of nitrogens with one attached hydrogen (secondary N) is 1. The molecule has 0 radical (unpaired) electrons. The summed E-state index contributed by atoms with van der Waals surface area (Å²) in [6.45, 7) is 5.11. The Labute approximate surface area is 121 Å². The quantitative estimate of drug-likeness (QED) is 0.914. The number of aryl methyl sites for hydroxylation is 1. The molecule has 0 amide bonds. The van der Waals surface area contributed by atoms with Gasteiger partial charge in [0, 0.05) is 17.1 Å². The minimum Gasteiger partial charge on any atom is -0.478 e. The number of benzene rings is 1. The van der Waals surface area contributed by atoms with Crippen molar-refractivity contribution in [2.75, 3.05) is 11.9 Å². The van der Waals surface area contributed by atoms with Gasteiger partial charge in [-0.3, -0.25) is 0 Å². The van der Waals surface area contributed by atoms with Crippen molar-refractivity contribution >= 4 is 21.7 Å². The second-order valence-corrected chi connectivity index (χ2v) is 4.97. The lowest BCUT2D eigenvalue weighted by molar-refractivity contribution is 0.325. The van der Waals surface area contributed by atoms with Gasteiger partial charge >= 0.3 is 0 Å². The fourth-order valence-electron chi connectivity index (χ4n) is 1.65. The second-order valence-electron chi connectivity index (χ2n) is 4.05. The summed E-state index contributed by atoms with van der Waals surface area (Å²) in [4.78, 5) is 8.55. The van der Waals surface area contributed by atoms with Gasteiger partial charge in [0.15, 0.2) is 0 Å². The van der Waals surface area contributed by atoms with Crippen LogP contribution in [0.4, 0.5) is 5.82 Å². The highest BCUT2D eigenvalue weighted by Crippen LogP contribution is 2.15. The van der Waals surface area contributed by atoms with Crippen LogP contribution in [0, 0.1) is 6.92 Å². The lowest BCUT2D eigenvalue weighted by atomic mass is 10.2. The first kappa shape index (κ1) is 13.8. The molecule has 0 aliphatic carbocycles. The van der Waals surface area contributed by atoms with Gasteiger partial charge in [-0.1, -0.05) is 28.1 Å². The molecule has 0 saturated carbocycles. The first-order valence-corrected chi connectivity index (χ1v) is 6.93. The van der Waals surface area contributed by atoms with Crippen LogP contribution in [0.1, 0.15) is 18.3 Å². The van der Waals surface area contributed by atoms with E-state index in [1.807, 2.05) is 32.0 Å². The number of rotatable bonds is 5. The van der Waals surface area contributed by atoms with Gasteiger partial charge in [-0.05, 0) is 31.5 Å². The van der Waals surface area contributed by atoms with Crippen LogP contribution in [0.2, 0.25) is 0 Å². The van der Waals surface area contributed by atoms with E-state index in [4.69, 9.17) is 4.74 Å². The number of hydrogen-bond acceptors (Lipinski definition) is 4.